The Bertz CT molecular complexity index is 92.5. The van der Waals surface area contributed by atoms with E-state index in [-0.39, 0.29) is 13.1 Å². The molecule has 3 N–H and O–H groups in total. The van der Waals surface area contributed by atoms with Gasteiger partial charge in [-0.1, -0.05) is 0 Å². The van der Waals surface area contributed by atoms with Crippen LogP contribution in [0, 0.1) is 5.53 Å². The highest BCUT2D eigenvalue weighted by atomic mass is 16.4. The van der Waals surface area contributed by atoms with E-state index in [0.29, 0.717) is 0 Å². The molecule has 0 aliphatic carbocycles. The van der Waals surface area contributed by atoms with Gasteiger partial charge in [-0.3, -0.25) is 0 Å². The van der Waals surface area contributed by atoms with Crippen LogP contribution >= 0.6 is 0 Å². The fraction of sp³-hybridized carbons (Fsp3) is 0.667. The molecule has 0 aromatic heterocycles. The van der Waals surface area contributed by atoms with Crippen molar-refractivity contribution in [1.82, 2.24) is 5.32 Å². The zero-order valence-electron chi connectivity index (χ0n) is 4.22. The van der Waals surface area contributed by atoms with Gasteiger partial charge in [-0.2, -0.15) is 5.11 Å². The van der Waals surface area contributed by atoms with Crippen LogP contribution in [0.4, 0.5) is 4.79 Å². The first-order valence-corrected chi connectivity index (χ1v) is 2.07. The molecule has 0 radical (unpaired) electrons. The molecular weight excluding hydrogens is 110 g/mol. The summed E-state index contributed by atoms with van der Waals surface area (Å²) in [7, 11) is 0. The maximum Gasteiger partial charge on any atom is 0.404 e. The lowest BCUT2D eigenvalue weighted by Crippen LogP contribution is -2.23. The van der Waals surface area contributed by atoms with Crippen molar-refractivity contribution in [2.75, 3.05) is 13.1 Å². The third kappa shape index (κ3) is 4.87. The Morgan fingerprint density at radius 3 is 2.88 bits per heavy atom. The van der Waals surface area contributed by atoms with Crippen molar-refractivity contribution < 1.29 is 9.90 Å². The number of hydrogen-bond donors (Lipinski definition) is 3. The number of rotatable bonds is 3. The molecule has 1 amide bonds. The standard InChI is InChI=1S/C3H7N3O2/c4-6-2-1-5-3(7)8/h4-5H,1-2H2,(H,7,8). The second kappa shape index (κ2) is 4.04. The fourth-order valence-electron chi connectivity index (χ4n) is 0.219. The Kier molecular flexibility index (Phi) is 3.47. The SMILES string of the molecule is N=NCCNC(=O)O. The zero-order valence-corrected chi connectivity index (χ0v) is 4.22. The van der Waals surface area contributed by atoms with E-state index in [1.165, 1.54) is 0 Å². The van der Waals surface area contributed by atoms with Crippen LogP contribution < -0.4 is 5.32 Å². The van der Waals surface area contributed by atoms with E-state index in [1.807, 2.05) is 5.32 Å². The van der Waals surface area contributed by atoms with Crippen LogP contribution in [0.3, 0.4) is 0 Å². The number of nitrogens with zero attached hydrogens (tertiary/aromatic N) is 1. The molecule has 0 saturated carbocycles. The number of hydrogen-bond acceptors (Lipinski definition) is 3. The van der Waals surface area contributed by atoms with Crippen LogP contribution in [0.15, 0.2) is 5.11 Å². The average molecular weight is 117 g/mol. The van der Waals surface area contributed by atoms with Crippen molar-refractivity contribution in [2.24, 2.45) is 5.11 Å². The summed E-state index contributed by atoms with van der Waals surface area (Å²) < 4.78 is 0. The van der Waals surface area contributed by atoms with Crippen LogP contribution in [-0.2, 0) is 0 Å². The normalized spacial score (nSPS) is 8.00. The number of carboxylic acid groups (broad SMARTS) is 1. The summed E-state index contributed by atoms with van der Waals surface area (Å²) in [6.45, 7) is 0.436. The highest BCUT2D eigenvalue weighted by Gasteiger charge is 1.88. The molecule has 8 heavy (non-hydrogen) atoms. The molecule has 0 aliphatic rings. The third-order valence-electron chi connectivity index (χ3n) is 0.500. The lowest BCUT2D eigenvalue weighted by Gasteiger charge is -1.91. The largest absolute Gasteiger partial charge is 0.465 e. The van der Waals surface area contributed by atoms with Gasteiger partial charge in [-0.05, 0) is 0 Å². The van der Waals surface area contributed by atoms with Gasteiger partial charge in [0.15, 0.2) is 0 Å². The van der Waals surface area contributed by atoms with Crippen LogP contribution in [0.5, 0.6) is 0 Å². The van der Waals surface area contributed by atoms with Crippen molar-refractivity contribution in [3.8, 4) is 0 Å². The van der Waals surface area contributed by atoms with Gasteiger partial charge in [0, 0.05) is 6.54 Å². The van der Waals surface area contributed by atoms with E-state index in [9.17, 15) is 4.79 Å². The van der Waals surface area contributed by atoms with Crippen molar-refractivity contribution >= 4 is 6.09 Å². The van der Waals surface area contributed by atoms with E-state index in [1.54, 1.807) is 0 Å². The third-order valence-corrected chi connectivity index (χ3v) is 0.500. The maximum absolute atomic E-state index is 9.66. The van der Waals surface area contributed by atoms with E-state index >= 15 is 0 Å². The van der Waals surface area contributed by atoms with E-state index < -0.39 is 6.09 Å². The monoisotopic (exact) mass is 117 g/mol. The predicted molar refractivity (Wildman–Crippen MR) is 26.0 cm³/mol. The molecule has 0 rings (SSSR count). The van der Waals surface area contributed by atoms with E-state index in [0.717, 1.165) is 0 Å². The highest BCUT2D eigenvalue weighted by molar-refractivity contribution is 5.64. The minimum Gasteiger partial charge on any atom is -0.465 e. The minimum absolute atomic E-state index is 0.215. The molecule has 5 nitrogen and oxygen atoms in total. The molecule has 0 aliphatic heterocycles. The molecule has 0 aromatic carbocycles. The lowest BCUT2D eigenvalue weighted by atomic mass is 10.6. The highest BCUT2D eigenvalue weighted by Crippen LogP contribution is 1.63. The first-order valence-electron chi connectivity index (χ1n) is 2.07. The second-order valence-corrected chi connectivity index (χ2v) is 1.11. The molecular formula is C3H7N3O2. The summed E-state index contributed by atoms with van der Waals surface area (Å²) in [5.74, 6) is 0. The van der Waals surface area contributed by atoms with Gasteiger partial charge in [0.05, 0.1) is 6.54 Å². The number of nitrogens with one attached hydrogen (secondary N) is 2. The summed E-state index contributed by atoms with van der Waals surface area (Å²) in [6.07, 6.45) is -1.08. The maximum atomic E-state index is 9.66. The quantitative estimate of drug-likeness (QED) is 0.366. The topological polar surface area (TPSA) is 85.5 Å². The van der Waals surface area contributed by atoms with E-state index in [4.69, 9.17) is 10.6 Å². The van der Waals surface area contributed by atoms with Crippen molar-refractivity contribution in [2.45, 2.75) is 0 Å². The first kappa shape index (κ1) is 6.87. The van der Waals surface area contributed by atoms with Crippen LogP contribution in [-0.4, -0.2) is 24.3 Å². The zero-order chi connectivity index (χ0) is 6.41. The summed E-state index contributed by atoms with van der Waals surface area (Å²) in [5.41, 5.74) is 6.24. The van der Waals surface area contributed by atoms with Gasteiger partial charge in [0.25, 0.3) is 0 Å². The second-order valence-electron chi connectivity index (χ2n) is 1.11. The van der Waals surface area contributed by atoms with Gasteiger partial charge in [0.2, 0.25) is 0 Å². The molecule has 0 unspecified atom stereocenters. The Balaban J connectivity index is 2.93. The van der Waals surface area contributed by atoms with E-state index in [2.05, 4.69) is 5.11 Å². The number of amides is 1. The van der Waals surface area contributed by atoms with Gasteiger partial charge in [0.1, 0.15) is 0 Å². The minimum atomic E-state index is -1.08. The molecule has 0 heterocycles. The average Bonchev–Trinajstić information content (AvgIpc) is 1.66. The van der Waals surface area contributed by atoms with Crippen LogP contribution in [0.1, 0.15) is 0 Å². The summed E-state index contributed by atoms with van der Waals surface area (Å²) in [5, 5.41) is 12.9. The predicted octanol–water partition coefficient (Wildman–Crippen LogP) is 0.285. The number of carbonyl (C=O) groups is 1. The first-order chi connectivity index (χ1) is 3.77. The van der Waals surface area contributed by atoms with Gasteiger partial charge >= 0.3 is 6.09 Å². The van der Waals surface area contributed by atoms with Crippen molar-refractivity contribution in [3.63, 3.8) is 0 Å². The van der Waals surface area contributed by atoms with Crippen LogP contribution in [0.2, 0.25) is 0 Å². The molecule has 0 saturated heterocycles. The Labute approximate surface area is 46.2 Å². The molecule has 0 fully saturated rings. The van der Waals surface area contributed by atoms with Crippen LogP contribution in [0.25, 0.3) is 0 Å². The van der Waals surface area contributed by atoms with Gasteiger partial charge in [-0.15, -0.1) is 0 Å². The Morgan fingerprint density at radius 2 is 2.50 bits per heavy atom. The molecule has 5 heteroatoms. The summed E-state index contributed by atoms with van der Waals surface area (Å²) >= 11 is 0. The van der Waals surface area contributed by atoms with Gasteiger partial charge < -0.3 is 10.4 Å². The van der Waals surface area contributed by atoms with Crippen molar-refractivity contribution in [3.05, 3.63) is 0 Å². The summed E-state index contributed by atoms with van der Waals surface area (Å²) in [6, 6.07) is 0. The molecule has 0 aromatic rings. The molecule has 0 atom stereocenters. The lowest BCUT2D eigenvalue weighted by molar-refractivity contribution is 0.195. The van der Waals surface area contributed by atoms with Crippen molar-refractivity contribution in [1.29, 1.82) is 5.53 Å². The van der Waals surface area contributed by atoms with Gasteiger partial charge in [-0.25, -0.2) is 10.3 Å². The molecule has 0 bridgehead atoms. The summed E-state index contributed by atoms with van der Waals surface area (Å²) in [4.78, 5) is 9.66. The fourth-order valence-corrected chi connectivity index (χ4v) is 0.219. The molecule has 0 spiro atoms. The Morgan fingerprint density at radius 1 is 1.88 bits per heavy atom. The smallest absolute Gasteiger partial charge is 0.404 e. The Hall–Kier alpha value is -1.13. The molecule has 46 valence electrons.